The molecule has 0 radical (unpaired) electrons. The molecule has 1 aliphatic carbocycles. The number of imide groups is 2. The van der Waals surface area contributed by atoms with Crippen LogP contribution in [0.2, 0.25) is 0 Å². The van der Waals surface area contributed by atoms with Crippen LogP contribution in [-0.2, 0) is 16.0 Å². The Morgan fingerprint density at radius 3 is 2.25 bits per heavy atom. The second kappa shape index (κ2) is 13.0. The molecule has 0 bridgehead atoms. The van der Waals surface area contributed by atoms with Crippen molar-refractivity contribution in [2.24, 2.45) is 5.16 Å². The number of pyridine rings is 1. The zero-order valence-corrected chi connectivity index (χ0v) is 27.1. The average Bonchev–Trinajstić information content (AvgIpc) is 3.85. The van der Waals surface area contributed by atoms with Gasteiger partial charge in [-0.05, 0) is 85.0 Å². The molecule has 2 aromatic heterocycles. The second-order valence-electron chi connectivity index (χ2n) is 12.3. The Balaban J connectivity index is 0.926. The van der Waals surface area contributed by atoms with Crippen molar-refractivity contribution < 1.29 is 33.9 Å². The predicted octanol–water partition coefficient (Wildman–Crippen LogP) is 4.58. The summed E-state index contributed by atoms with van der Waals surface area (Å²) < 4.78 is 13.5. The van der Waals surface area contributed by atoms with Gasteiger partial charge >= 0.3 is 0 Å². The van der Waals surface area contributed by atoms with E-state index in [2.05, 4.69) is 21.5 Å². The van der Waals surface area contributed by atoms with Gasteiger partial charge in [-0.1, -0.05) is 23.4 Å². The minimum absolute atomic E-state index is 0.0541. The third-order valence-electron chi connectivity index (χ3n) is 9.28. The number of piperidine rings is 1. The van der Waals surface area contributed by atoms with Crippen molar-refractivity contribution >= 4 is 29.3 Å². The fourth-order valence-electron chi connectivity index (χ4n) is 6.74. The highest BCUT2D eigenvalue weighted by molar-refractivity contribution is 6.23. The molecule has 4 heterocycles. The van der Waals surface area contributed by atoms with E-state index in [1.807, 2.05) is 59.4 Å². The van der Waals surface area contributed by atoms with Gasteiger partial charge in [0.15, 0.2) is 0 Å². The molecular formula is C38H30N6O7. The summed E-state index contributed by atoms with van der Waals surface area (Å²) in [5.41, 5.74) is 7.68. The smallest absolute Gasteiger partial charge is 0.262 e. The summed E-state index contributed by atoms with van der Waals surface area (Å²) >= 11 is 0. The Kier molecular flexibility index (Phi) is 8.07. The number of ether oxygens (including phenoxy) is 2. The summed E-state index contributed by atoms with van der Waals surface area (Å²) in [4.78, 5) is 55.0. The first kappa shape index (κ1) is 31.6. The summed E-state index contributed by atoms with van der Waals surface area (Å²) in [6.45, 7) is 0.384. The van der Waals surface area contributed by atoms with Crippen LogP contribution in [0.25, 0.3) is 28.1 Å². The van der Waals surface area contributed by atoms with E-state index in [0.29, 0.717) is 23.6 Å². The van der Waals surface area contributed by atoms with Gasteiger partial charge in [-0.3, -0.25) is 34.4 Å². The fraction of sp³-hybridized carbons (Fsp3) is 0.184. The SMILES string of the molecule is O=C1CCC(N2C(=O)c3ccc(OCCOc4ccc(-n5cc(-c6ccc7c(c6)CC/C7=N\O)c(-c6ccncc6)n5)cc4)cc3C2=O)C(=O)N1. The minimum atomic E-state index is -1.03. The maximum Gasteiger partial charge on any atom is 0.262 e. The van der Waals surface area contributed by atoms with Crippen LogP contribution in [0.1, 0.15) is 51.1 Å². The summed E-state index contributed by atoms with van der Waals surface area (Å²) in [5, 5.41) is 20.0. The van der Waals surface area contributed by atoms with Crippen molar-refractivity contribution in [2.45, 2.75) is 31.7 Å². The highest BCUT2D eigenvalue weighted by Crippen LogP contribution is 2.35. The zero-order chi connectivity index (χ0) is 35.1. The topological polar surface area (TPSA) is 165 Å². The summed E-state index contributed by atoms with van der Waals surface area (Å²) in [6.07, 6.45) is 7.14. The zero-order valence-electron chi connectivity index (χ0n) is 27.1. The molecule has 13 heteroatoms. The number of nitrogens with one attached hydrogen (secondary N) is 1. The van der Waals surface area contributed by atoms with Gasteiger partial charge in [-0.2, -0.15) is 5.10 Å². The first-order chi connectivity index (χ1) is 24.9. The Morgan fingerprint density at radius 1 is 0.765 bits per heavy atom. The summed E-state index contributed by atoms with van der Waals surface area (Å²) in [6, 6.07) is 21.1. The third-order valence-corrected chi connectivity index (χ3v) is 9.28. The molecule has 2 N–H and O–H groups in total. The lowest BCUT2D eigenvalue weighted by Gasteiger charge is -2.27. The van der Waals surface area contributed by atoms with Crippen LogP contribution in [0.3, 0.4) is 0 Å². The molecule has 254 valence electrons. The third kappa shape index (κ3) is 5.88. The molecule has 5 aromatic rings. The average molecular weight is 683 g/mol. The molecule has 13 nitrogen and oxygen atoms in total. The van der Waals surface area contributed by atoms with Gasteiger partial charge in [-0.25, -0.2) is 4.68 Å². The number of carbonyl (C=O) groups is 4. The van der Waals surface area contributed by atoms with Gasteiger partial charge in [0.25, 0.3) is 11.8 Å². The number of fused-ring (bicyclic) bond motifs is 2. The lowest BCUT2D eigenvalue weighted by atomic mass is 9.98. The van der Waals surface area contributed by atoms with E-state index >= 15 is 0 Å². The van der Waals surface area contributed by atoms with E-state index in [1.165, 1.54) is 12.1 Å². The Morgan fingerprint density at radius 2 is 1.49 bits per heavy atom. The van der Waals surface area contributed by atoms with Crippen molar-refractivity contribution in [2.75, 3.05) is 13.2 Å². The fourth-order valence-corrected chi connectivity index (χ4v) is 6.74. The number of hydrogen-bond donors (Lipinski definition) is 2. The van der Waals surface area contributed by atoms with E-state index in [1.54, 1.807) is 18.5 Å². The highest BCUT2D eigenvalue weighted by atomic mass is 16.5. The van der Waals surface area contributed by atoms with E-state index < -0.39 is 29.7 Å². The number of rotatable bonds is 9. The number of aryl methyl sites for hydroxylation is 1. The predicted molar refractivity (Wildman–Crippen MR) is 183 cm³/mol. The van der Waals surface area contributed by atoms with Crippen LogP contribution in [0.4, 0.5) is 0 Å². The largest absolute Gasteiger partial charge is 0.490 e. The number of benzene rings is 3. The van der Waals surface area contributed by atoms with E-state index in [4.69, 9.17) is 14.6 Å². The lowest BCUT2D eigenvalue weighted by molar-refractivity contribution is -0.136. The van der Waals surface area contributed by atoms with Gasteiger partial charge in [-0.15, -0.1) is 0 Å². The van der Waals surface area contributed by atoms with Crippen LogP contribution in [0, 0.1) is 0 Å². The number of nitrogens with zero attached hydrogens (tertiary/aromatic N) is 5. The molecule has 0 saturated carbocycles. The Hall–Kier alpha value is -6.63. The van der Waals surface area contributed by atoms with E-state index in [9.17, 15) is 24.4 Å². The van der Waals surface area contributed by atoms with Gasteiger partial charge < -0.3 is 14.7 Å². The van der Waals surface area contributed by atoms with Crippen molar-refractivity contribution in [1.82, 2.24) is 25.0 Å². The van der Waals surface area contributed by atoms with Crippen molar-refractivity contribution in [3.63, 3.8) is 0 Å². The van der Waals surface area contributed by atoms with Crippen molar-refractivity contribution in [3.8, 4) is 39.6 Å². The Bertz CT molecular complexity index is 2250. The Labute approximate surface area is 291 Å². The number of amides is 4. The molecule has 3 aliphatic rings. The van der Waals surface area contributed by atoms with Crippen LogP contribution >= 0.6 is 0 Å². The molecule has 1 atom stereocenters. The van der Waals surface area contributed by atoms with Gasteiger partial charge in [0.2, 0.25) is 11.8 Å². The number of hydrogen-bond acceptors (Lipinski definition) is 10. The normalized spacial score (nSPS) is 17.5. The van der Waals surface area contributed by atoms with Gasteiger partial charge in [0, 0.05) is 41.7 Å². The second-order valence-corrected chi connectivity index (χ2v) is 12.3. The molecular weight excluding hydrogens is 652 g/mol. The molecule has 51 heavy (non-hydrogen) atoms. The molecule has 0 spiro atoms. The number of aromatic nitrogens is 3. The number of carbonyl (C=O) groups excluding carboxylic acids is 4. The highest BCUT2D eigenvalue weighted by Gasteiger charge is 2.44. The van der Waals surface area contributed by atoms with Crippen molar-refractivity contribution in [3.05, 3.63) is 114 Å². The number of oxime groups is 1. The minimum Gasteiger partial charge on any atom is -0.490 e. The van der Waals surface area contributed by atoms with E-state index in [-0.39, 0.29) is 37.2 Å². The summed E-state index contributed by atoms with van der Waals surface area (Å²) in [7, 11) is 0. The molecule has 3 aromatic carbocycles. The monoisotopic (exact) mass is 682 g/mol. The first-order valence-corrected chi connectivity index (χ1v) is 16.4. The molecule has 8 rings (SSSR count). The van der Waals surface area contributed by atoms with Crippen molar-refractivity contribution in [1.29, 1.82) is 0 Å². The van der Waals surface area contributed by atoms with Crippen LogP contribution in [-0.4, -0.2) is 73.5 Å². The lowest BCUT2D eigenvalue weighted by Crippen LogP contribution is -2.54. The molecule has 1 unspecified atom stereocenters. The molecule has 2 aliphatic heterocycles. The van der Waals surface area contributed by atoms with E-state index in [0.717, 1.165) is 50.5 Å². The maximum absolute atomic E-state index is 13.1. The van der Waals surface area contributed by atoms with Gasteiger partial charge in [0.1, 0.15) is 36.4 Å². The van der Waals surface area contributed by atoms with Gasteiger partial charge in [0.05, 0.1) is 22.5 Å². The molecule has 4 amide bonds. The molecule has 1 saturated heterocycles. The van der Waals surface area contributed by atoms with Crippen LogP contribution in [0.15, 0.2) is 96.5 Å². The van der Waals surface area contributed by atoms with Crippen LogP contribution in [0.5, 0.6) is 11.5 Å². The summed E-state index contributed by atoms with van der Waals surface area (Å²) in [5.74, 6) is -1.24. The van der Waals surface area contributed by atoms with Crippen LogP contribution < -0.4 is 14.8 Å². The maximum atomic E-state index is 13.1. The standard InChI is InChI=1S/C38H30N6O7/c45-34-12-11-33(36(46)40-34)44-37(47)29-9-7-27(20-30(29)38(44)48)51-18-17-50-26-5-3-25(4-6-26)43-21-31(35(41-43)22-13-15-39-16-14-22)24-1-8-28-23(19-24)2-10-32(28)42-49/h1,3-9,13-16,19-21,33,49H,2,10-12,17-18H2,(H,40,45,46)/b42-32+. The first-order valence-electron chi connectivity index (χ1n) is 16.4. The molecule has 1 fully saturated rings. The quantitative estimate of drug-likeness (QED) is 0.0980.